The summed E-state index contributed by atoms with van der Waals surface area (Å²) < 4.78 is 73.8. The minimum absolute atomic E-state index is 0.0124. The molecule has 0 atom stereocenters. The predicted molar refractivity (Wildman–Crippen MR) is 122 cm³/mol. The van der Waals surface area contributed by atoms with Gasteiger partial charge in [-0.3, -0.25) is 0 Å². The molecule has 0 aromatic heterocycles. The van der Waals surface area contributed by atoms with E-state index in [1.807, 2.05) is 24.3 Å². The molecule has 3 aliphatic rings. The van der Waals surface area contributed by atoms with E-state index in [4.69, 9.17) is 44.2 Å². The molecular formula is C21H18ClNO10S2. The van der Waals surface area contributed by atoms with E-state index >= 15 is 0 Å². The Kier molecular flexibility index (Phi) is 7.12. The highest BCUT2D eigenvalue weighted by Crippen LogP contribution is 2.35. The van der Waals surface area contributed by atoms with E-state index in [-0.39, 0.29) is 23.4 Å². The van der Waals surface area contributed by atoms with E-state index in [2.05, 4.69) is 0 Å². The number of hydrogen-bond donors (Lipinski definition) is 1. The Bertz CT molecular complexity index is 1340. The number of primary sulfonamides is 1. The van der Waals surface area contributed by atoms with Gasteiger partial charge in [0.25, 0.3) is 9.05 Å². The quantitative estimate of drug-likeness (QED) is 0.478. The summed E-state index contributed by atoms with van der Waals surface area (Å²) in [6, 6.07) is 16.1. The molecule has 0 saturated heterocycles. The van der Waals surface area contributed by atoms with Crippen LogP contribution in [0.4, 0.5) is 0 Å². The van der Waals surface area contributed by atoms with Crippen molar-refractivity contribution in [2.24, 2.45) is 5.14 Å². The third-order valence-corrected chi connectivity index (χ3v) is 6.84. The lowest BCUT2D eigenvalue weighted by Gasteiger charge is -1.99. The molecule has 11 nitrogen and oxygen atoms in total. The highest BCUT2D eigenvalue weighted by molar-refractivity contribution is 8.13. The molecule has 35 heavy (non-hydrogen) atoms. The van der Waals surface area contributed by atoms with Crippen LogP contribution in [0.3, 0.4) is 0 Å². The first-order valence-corrected chi connectivity index (χ1v) is 13.6. The lowest BCUT2D eigenvalue weighted by atomic mass is 10.3. The van der Waals surface area contributed by atoms with Crippen molar-refractivity contribution in [3.8, 4) is 34.5 Å². The molecule has 6 rings (SSSR count). The van der Waals surface area contributed by atoms with Crippen molar-refractivity contribution in [1.29, 1.82) is 0 Å². The fourth-order valence-electron chi connectivity index (χ4n) is 2.93. The van der Waals surface area contributed by atoms with Gasteiger partial charge in [0, 0.05) is 22.8 Å². The largest absolute Gasteiger partial charge is 0.454 e. The Morgan fingerprint density at radius 3 is 1.37 bits per heavy atom. The van der Waals surface area contributed by atoms with Crippen molar-refractivity contribution in [1.82, 2.24) is 0 Å². The van der Waals surface area contributed by atoms with Crippen LogP contribution in [0.15, 0.2) is 70.5 Å². The van der Waals surface area contributed by atoms with Gasteiger partial charge in [-0.25, -0.2) is 22.0 Å². The van der Waals surface area contributed by atoms with Crippen LogP contribution in [0.25, 0.3) is 0 Å². The standard InChI is InChI=1S/C7H5ClO4S.C7H7NO4S.C7H6O2/c2*8-13(9,10)5-1-2-6-7(3-5)12-4-11-6;1-2-4-7-6(3-1)8-5-9-7/h1-3H,4H2;1-3H,4H2,(H2,8,9,10);1-4H,5H2. The number of para-hydroxylation sites is 2. The van der Waals surface area contributed by atoms with Crippen molar-refractivity contribution in [3.63, 3.8) is 0 Å². The van der Waals surface area contributed by atoms with E-state index in [9.17, 15) is 16.8 Å². The second kappa shape index (κ2) is 10.1. The molecule has 3 aromatic rings. The minimum atomic E-state index is -3.69. The lowest BCUT2D eigenvalue weighted by molar-refractivity contribution is 0.173. The number of fused-ring (bicyclic) bond motifs is 3. The Morgan fingerprint density at radius 2 is 0.943 bits per heavy atom. The highest BCUT2D eigenvalue weighted by atomic mass is 35.7. The van der Waals surface area contributed by atoms with Crippen molar-refractivity contribution < 1.29 is 45.3 Å². The number of hydrogen-bond acceptors (Lipinski definition) is 10. The van der Waals surface area contributed by atoms with Crippen LogP contribution in [0, 0.1) is 0 Å². The van der Waals surface area contributed by atoms with Crippen LogP contribution in [0.2, 0.25) is 0 Å². The molecule has 0 fully saturated rings. The van der Waals surface area contributed by atoms with Gasteiger partial charge in [-0.15, -0.1) is 0 Å². The third-order valence-electron chi connectivity index (χ3n) is 4.58. The summed E-state index contributed by atoms with van der Waals surface area (Å²) in [5.41, 5.74) is 0. The van der Waals surface area contributed by atoms with Crippen LogP contribution in [0.5, 0.6) is 34.5 Å². The maximum absolute atomic E-state index is 10.9. The van der Waals surface area contributed by atoms with Crippen molar-refractivity contribution in [3.05, 3.63) is 60.7 Å². The van der Waals surface area contributed by atoms with Gasteiger partial charge in [-0.2, -0.15) is 0 Å². The fourth-order valence-corrected chi connectivity index (χ4v) is 4.22. The summed E-state index contributed by atoms with van der Waals surface area (Å²) in [5, 5.41) is 4.93. The molecule has 0 unspecified atom stereocenters. The van der Waals surface area contributed by atoms with Gasteiger partial charge < -0.3 is 28.4 Å². The summed E-state index contributed by atoms with van der Waals surface area (Å²) in [7, 11) is -2.21. The van der Waals surface area contributed by atoms with Gasteiger partial charge in [0.05, 0.1) is 9.79 Å². The van der Waals surface area contributed by atoms with E-state index < -0.39 is 19.1 Å². The SMILES string of the molecule is NS(=O)(=O)c1ccc2c(c1)OCO2.O=S(=O)(Cl)c1ccc2c(c1)OCO2.c1ccc2c(c1)OCO2. The van der Waals surface area contributed by atoms with Crippen LogP contribution < -0.4 is 33.6 Å². The van der Waals surface area contributed by atoms with E-state index in [0.29, 0.717) is 29.8 Å². The van der Waals surface area contributed by atoms with Gasteiger partial charge in [0.2, 0.25) is 30.4 Å². The minimum Gasteiger partial charge on any atom is -0.454 e. The predicted octanol–water partition coefficient (Wildman–Crippen LogP) is 2.82. The third kappa shape index (κ3) is 6.19. The summed E-state index contributed by atoms with van der Waals surface area (Å²) in [6.07, 6.45) is 0. The monoisotopic (exact) mass is 543 g/mol. The highest BCUT2D eigenvalue weighted by Gasteiger charge is 2.18. The van der Waals surface area contributed by atoms with Gasteiger partial charge in [-0.05, 0) is 36.4 Å². The van der Waals surface area contributed by atoms with Crippen molar-refractivity contribution in [2.45, 2.75) is 9.79 Å². The average Bonchev–Trinajstić information content (AvgIpc) is 3.58. The molecule has 3 aromatic carbocycles. The van der Waals surface area contributed by atoms with E-state index in [1.54, 1.807) is 0 Å². The topological polar surface area (TPSA) is 150 Å². The second-order valence-electron chi connectivity index (χ2n) is 6.87. The number of benzene rings is 3. The van der Waals surface area contributed by atoms with Gasteiger partial charge in [-0.1, -0.05) is 12.1 Å². The molecule has 0 spiro atoms. The lowest BCUT2D eigenvalue weighted by Crippen LogP contribution is -2.11. The maximum Gasteiger partial charge on any atom is 0.261 e. The normalized spacial score (nSPS) is 14.3. The molecule has 0 bridgehead atoms. The zero-order valence-electron chi connectivity index (χ0n) is 17.7. The van der Waals surface area contributed by atoms with Gasteiger partial charge in [0.15, 0.2) is 34.5 Å². The number of sulfonamides is 1. The zero-order chi connectivity index (χ0) is 25.1. The average molecular weight is 544 g/mol. The smallest absolute Gasteiger partial charge is 0.261 e. The molecule has 3 heterocycles. The molecular weight excluding hydrogens is 526 g/mol. The van der Waals surface area contributed by atoms with Crippen LogP contribution in [-0.2, 0) is 19.1 Å². The van der Waals surface area contributed by atoms with Crippen LogP contribution >= 0.6 is 10.7 Å². The number of nitrogens with two attached hydrogens (primary N) is 1. The zero-order valence-corrected chi connectivity index (χ0v) is 20.1. The maximum atomic E-state index is 10.9. The Balaban J connectivity index is 0.000000126. The summed E-state index contributed by atoms with van der Waals surface area (Å²) >= 11 is 0. The van der Waals surface area contributed by atoms with Crippen LogP contribution in [0.1, 0.15) is 0 Å². The molecule has 0 radical (unpaired) electrons. The molecule has 0 aliphatic carbocycles. The number of rotatable bonds is 2. The molecule has 3 aliphatic heterocycles. The molecule has 0 amide bonds. The van der Waals surface area contributed by atoms with Gasteiger partial charge >= 0.3 is 0 Å². The fraction of sp³-hybridized carbons (Fsp3) is 0.143. The Morgan fingerprint density at radius 1 is 0.571 bits per heavy atom. The number of ether oxygens (including phenoxy) is 6. The molecule has 186 valence electrons. The molecule has 0 saturated carbocycles. The van der Waals surface area contributed by atoms with Crippen molar-refractivity contribution >= 4 is 29.8 Å². The van der Waals surface area contributed by atoms with Crippen LogP contribution in [-0.4, -0.2) is 37.2 Å². The molecule has 14 heteroatoms. The van der Waals surface area contributed by atoms with E-state index in [1.165, 1.54) is 36.4 Å². The Hall–Kier alpha value is -3.39. The first-order valence-electron chi connectivity index (χ1n) is 9.73. The van der Waals surface area contributed by atoms with Crippen molar-refractivity contribution in [2.75, 3.05) is 20.4 Å². The first kappa shape index (κ1) is 24.7. The van der Waals surface area contributed by atoms with Gasteiger partial charge in [0.1, 0.15) is 0 Å². The molecule has 2 N–H and O–H groups in total. The summed E-state index contributed by atoms with van der Waals surface area (Å²) in [4.78, 5) is 0.0372. The Labute approximate surface area is 205 Å². The summed E-state index contributed by atoms with van der Waals surface area (Å²) in [5.74, 6) is 3.57. The summed E-state index contributed by atoms with van der Waals surface area (Å²) in [6.45, 7) is 0.587. The van der Waals surface area contributed by atoms with E-state index in [0.717, 1.165) is 11.5 Å². The number of halogens is 1. The first-order chi connectivity index (χ1) is 16.6. The second-order valence-corrected chi connectivity index (χ2v) is 11.0.